The molecule has 3 rings (SSSR count). The summed E-state index contributed by atoms with van der Waals surface area (Å²) < 4.78 is 12.2. The van der Waals surface area contributed by atoms with Crippen LogP contribution in [0, 0.1) is 0 Å². The lowest BCUT2D eigenvalue weighted by Gasteiger charge is -2.24. The van der Waals surface area contributed by atoms with E-state index in [1.54, 1.807) is 38.1 Å². The van der Waals surface area contributed by atoms with Crippen LogP contribution in [-0.2, 0) is 16.1 Å². The predicted molar refractivity (Wildman–Crippen MR) is 95.6 cm³/mol. The largest absolute Gasteiger partial charge is 0.476 e. The Hall–Kier alpha value is -2.11. The molecule has 0 fully saturated rings. The molecule has 1 aromatic heterocycles. The Kier molecular flexibility index (Phi) is 4.73. The molecule has 0 radical (unpaired) electrons. The molecule has 124 valence electrons. The lowest BCUT2D eigenvalue weighted by atomic mass is 10.1. The van der Waals surface area contributed by atoms with Crippen molar-refractivity contribution in [2.45, 2.75) is 26.1 Å². The van der Waals surface area contributed by atoms with Crippen LogP contribution in [-0.4, -0.2) is 16.6 Å². The van der Waals surface area contributed by atoms with Crippen molar-refractivity contribution in [3.8, 4) is 5.75 Å². The number of para-hydroxylation sites is 1. The number of halogens is 1. The average Bonchev–Trinajstić information content (AvgIpc) is 2.97. The molecule has 2 aromatic carbocycles. The van der Waals surface area contributed by atoms with E-state index < -0.39 is 11.6 Å². The third kappa shape index (κ3) is 3.86. The summed E-state index contributed by atoms with van der Waals surface area (Å²) in [5.74, 6) is 0.109. The van der Waals surface area contributed by atoms with Gasteiger partial charge in [0.05, 0.1) is 10.2 Å². The monoisotopic (exact) mass is 361 g/mol. The van der Waals surface area contributed by atoms with Gasteiger partial charge >= 0.3 is 5.97 Å². The zero-order valence-electron chi connectivity index (χ0n) is 13.3. The van der Waals surface area contributed by atoms with Gasteiger partial charge in [0.2, 0.25) is 0 Å². The fraction of sp³-hybridized carbons (Fsp3) is 0.222. The lowest BCUT2D eigenvalue weighted by molar-refractivity contribution is -0.160. The molecule has 24 heavy (non-hydrogen) atoms. The Morgan fingerprint density at radius 2 is 1.88 bits per heavy atom. The smallest absolute Gasteiger partial charge is 0.350 e. The molecule has 0 spiro atoms. The minimum Gasteiger partial charge on any atom is -0.476 e. The number of nitrogens with zero attached hydrogens (tertiary/aromatic N) is 1. The summed E-state index contributed by atoms with van der Waals surface area (Å²) in [6, 6.07) is 14.7. The molecule has 3 aromatic rings. The minimum absolute atomic E-state index is 0.131. The fourth-order valence-corrected chi connectivity index (χ4v) is 3.13. The molecule has 0 aliphatic heterocycles. The van der Waals surface area contributed by atoms with Gasteiger partial charge in [-0.1, -0.05) is 23.7 Å². The first-order chi connectivity index (χ1) is 11.4. The van der Waals surface area contributed by atoms with Gasteiger partial charge in [-0.15, -0.1) is 11.3 Å². The summed E-state index contributed by atoms with van der Waals surface area (Å²) >= 11 is 7.36. The maximum atomic E-state index is 12.3. The molecule has 0 aliphatic carbocycles. The van der Waals surface area contributed by atoms with Gasteiger partial charge in [0, 0.05) is 5.02 Å². The van der Waals surface area contributed by atoms with Crippen molar-refractivity contribution in [1.29, 1.82) is 0 Å². The summed E-state index contributed by atoms with van der Waals surface area (Å²) in [5.41, 5.74) is -0.199. The second-order valence-corrected chi connectivity index (χ2v) is 7.27. The molecule has 1 heterocycles. The Morgan fingerprint density at radius 3 is 2.58 bits per heavy atom. The molecule has 4 nitrogen and oxygen atoms in total. The third-order valence-electron chi connectivity index (χ3n) is 3.34. The summed E-state index contributed by atoms with van der Waals surface area (Å²) in [5, 5.41) is 1.37. The van der Waals surface area contributed by atoms with Crippen molar-refractivity contribution in [2.24, 2.45) is 0 Å². The van der Waals surface area contributed by atoms with Crippen LogP contribution in [0.25, 0.3) is 10.2 Å². The number of hydrogen-bond donors (Lipinski definition) is 0. The van der Waals surface area contributed by atoms with Crippen molar-refractivity contribution < 1.29 is 14.3 Å². The van der Waals surface area contributed by atoms with E-state index in [1.807, 2.05) is 24.3 Å². The van der Waals surface area contributed by atoms with Crippen LogP contribution >= 0.6 is 22.9 Å². The molecule has 0 amide bonds. The van der Waals surface area contributed by atoms with Crippen molar-refractivity contribution in [3.63, 3.8) is 0 Å². The Morgan fingerprint density at radius 1 is 1.17 bits per heavy atom. The van der Waals surface area contributed by atoms with E-state index in [4.69, 9.17) is 21.1 Å². The Labute approximate surface area is 149 Å². The number of thiazole rings is 1. The number of aromatic nitrogens is 1. The quantitative estimate of drug-likeness (QED) is 0.609. The first kappa shape index (κ1) is 16.7. The summed E-state index contributed by atoms with van der Waals surface area (Å²) in [6.45, 7) is 3.47. The van der Waals surface area contributed by atoms with Gasteiger partial charge in [-0.05, 0) is 50.2 Å². The van der Waals surface area contributed by atoms with Gasteiger partial charge in [0.25, 0.3) is 0 Å². The van der Waals surface area contributed by atoms with Crippen LogP contribution in [0.3, 0.4) is 0 Å². The molecule has 0 N–H and O–H groups in total. The number of ether oxygens (including phenoxy) is 2. The highest BCUT2D eigenvalue weighted by Crippen LogP contribution is 2.24. The lowest BCUT2D eigenvalue weighted by Crippen LogP contribution is -2.39. The molecule has 0 aliphatic rings. The molecular weight excluding hydrogens is 346 g/mol. The highest BCUT2D eigenvalue weighted by atomic mass is 35.5. The SMILES string of the molecule is CC(C)(Oc1ccc(Cl)cc1)C(=O)OCc1nc2ccccc2s1. The van der Waals surface area contributed by atoms with Crippen LogP contribution < -0.4 is 4.74 Å². The number of esters is 1. The van der Waals surface area contributed by atoms with E-state index >= 15 is 0 Å². The van der Waals surface area contributed by atoms with Crippen molar-refractivity contribution in [2.75, 3.05) is 0 Å². The predicted octanol–water partition coefficient (Wildman–Crippen LogP) is 4.85. The zero-order chi connectivity index (χ0) is 17.2. The number of hydrogen-bond acceptors (Lipinski definition) is 5. The number of carbonyl (C=O) groups excluding carboxylic acids is 1. The first-order valence-electron chi connectivity index (χ1n) is 7.40. The topological polar surface area (TPSA) is 48.4 Å². The zero-order valence-corrected chi connectivity index (χ0v) is 14.9. The van der Waals surface area contributed by atoms with Gasteiger partial charge in [-0.25, -0.2) is 9.78 Å². The van der Waals surface area contributed by atoms with E-state index in [0.29, 0.717) is 10.8 Å². The standard InChI is InChI=1S/C18H16ClNO3S/c1-18(2,23-13-9-7-12(19)8-10-13)17(21)22-11-16-20-14-5-3-4-6-15(14)24-16/h3-10H,11H2,1-2H3. The van der Waals surface area contributed by atoms with Crippen LogP contribution in [0.1, 0.15) is 18.9 Å². The van der Waals surface area contributed by atoms with E-state index in [-0.39, 0.29) is 6.61 Å². The van der Waals surface area contributed by atoms with Gasteiger partial charge in [0.1, 0.15) is 17.4 Å². The molecular formula is C18H16ClNO3S. The second-order valence-electron chi connectivity index (χ2n) is 5.72. The van der Waals surface area contributed by atoms with Crippen LogP contribution in [0.2, 0.25) is 5.02 Å². The molecule has 0 saturated heterocycles. The minimum atomic E-state index is -1.11. The van der Waals surface area contributed by atoms with Gasteiger partial charge in [-0.3, -0.25) is 0 Å². The number of benzene rings is 2. The van der Waals surface area contributed by atoms with Crippen LogP contribution in [0.4, 0.5) is 0 Å². The van der Waals surface area contributed by atoms with Gasteiger partial charge in [-0.2, -0.15) is 0 Å². The maximum absolute atomic E-state index is 12.3. The van der Waals surface area contributed by atoms with Crippen molar-refractivity contribution in [1.82, 2.24) is 4.98 Å². The highest BCUT2D eigenvalue weighted by molar-refractivity contribution is 7.18. The van der Waals surface area contributed by atoms with E-state index in [2.05, 4.69) is 4.98 Å². The van der Waals surface area contributed by atoms with E-state index in [0.717, 1.165) is 15.2 Å². The second kappa shape index (κ2) is 6.79. The summed E-state index contributed by atoms with van der Waals surface area (Å²) in [4.78, 5) is 16.8. The molecule has 0 saturated carbocycles. The van der Waals surface area contributed by atoms with Crippen molar-refractivity contribution >= 4 is 39.1 Å². The number of carbonyl (C=O) groups is 1. The number of fused-ring (bicyclic) bond motifs is 1. The van der Waals surface area contributed by atoms with E-state index in [9.17, 15) is 4.79 Å². The van der Waals surface area contributed by atoms with Crippen molar-refractivity contribution in [3.05, 3.63) is 58.6 Å². The van der Waals surface area contributed by atoms with Gasteiger partial charge < -0.3 is 9.47 Å². The average molecular weight is 362 g/mol. The third-order valence-corrected chi connectivity index (χ3v) is 4.61. The molecule has 0 bridgehead atoms. The summed E-state index contributed by atoms with van der Waals surface area (Å²) in [7, 11) is 0. The highest BCUT2D eigenvalue weighted by Gasteiger charge is 2.32. The summed E-state index contributed by atoms with van der Waals surface area (Å²) in [6.07, 6.45) is 0. The molecule has 0 unspecified atom stereocenters. The molecule has 0 atom stereocenters. The van der Waals surface area contributed by atoms with E-state index in [1.165, 1.54) is 11.3 Å². The maximum Gasteiger partial charge on any atom is 0.350 e. The van der Waals surface area contributed by atoms with Crippen LogP contribution in [0.5, 0.6) is 5.75 Å². The normalized spacial score (nSPS) is 11.5. The number of rotatable bonds is 5. The van der Waals surface area contributed by atoms with Gasteiger partial charge in [0.15, 0.2) is 5.60 Å². The fourth-order valence-electron chi connectivity index (χ4n) is 2.12. The molecule has 6 heteroatoms. The Balaban J connectivity index is 1.63. The first-order valence-corrected chi connectivity index (χ1v) is 8.60. The Bertz CT molecular complexity index is 825. The van der Waals surface area contributed by atoms with Crippen LogP contribution in [0.15, 0.2) is 48.5 Å².